The molecule has 4 unspecified atom stereocenters. The van der Waals surface area contributed by atoms with Crippen molar-refractivity contribution in [1.29, 1.82) is 0 Å². The lowest BCUT2D eigenvalue weighted by Gasteiger charge is -2.36. The third kappa shape index (κ3) is 3.67. The van der Waals surface area contributed by atoms with Gasteiger partial charge in [0, 0.05) is 31.2 Å². The van der Waals surface area contributed by atoms with Gasteiger partial charge in [0.1, 0.15) is 0 Å². The van der Waals surface area contributed by atoms with Crippen LogP contribution < -0.4 is 5.73 Å². The van der Waals surface area contributed by atoms with Crippen molar-refractivity contribution in [2.75, 3.05) is 26.8 Å². The summed E-state index contributed by atoms with van der Waals surface area (Å²) in [5.74, 6) is 1.47. The minimum atomic E-state index is 0.291. The van der Waals surface area contributed by atoms with Gasteiger partial charge in [-0.25, -0.2) is 0 Å². The first-order chi connectivity index (χ1) is 8.16. The molecule has 4 atom stereocenters. The molecular formula is C14H28N2O. The van der Waals surface area contributed by atoms with Crippen molar-refractivity contribution in [1.82, 2.24) is 4.90 Å². The molecule has 100 valence electrons. The Hall–Kier alpha value is -0.120. The minimum Gasteiger partial charge on any atom is -0.381 e. The van der Waals surface area contributed by atoms with E-state index in [1.165, 1.54) is 25.7 Å². The monoisotopic (exact) mass is 240 g/mol. The zero-order chi connectivity index (χ0) is 12.3. The highest BCUT2D eigenvalue weighted by Gasteiger charge is 2.27. The molecule has 0 radical (unpaired) electrons. The molecule has 2 rings (SSSR count). The van der Waals surface area contributed by atoms with Crippen LogP contribution in [-0.2, 0) is 4.74 Å². The summed E-state index contributed by atoms with van der Waals surface area (Å²) >= 11 is 0. The van der Waals surface area contributed by atoms with E-state index in [4.69, 9.17) is 10.5 Å². The van der Waals surface area contributed by atoms with Gasteiger partial charge in [-0.2, -0.15) is 0 Å². The highest BCUT2D eigenvalue weighted by atomic mass is 16.5. The first kappa shape index (κ1) is 13.3. The summed E-state index contributed by atoms with van der Waals surface area (Å²) in [6.07, 6.45) is 6.65. The van der Waals surface area contributed by atoms with Crippen LogP contribution in [0.5, 0.6) is 0 Å². The van der Waals surface area contributed by atoms with Crippen LogP contribution in [0.4, 0.5) is 0 Å². The molecule has 1 aliphatic heterocycles. The van der Waals surface area contributed by atoms with Crippen molar-refractivity contribution in [3.05, 3.63) is 0 Å². The van der Waals surface area contributed by atoms with Gasteiger partial charge in [0.25, 0.3) is 0 Å². The molecule has 0 bridgehead atoms. The minimum absolute atomic E-state index is 0.291. The molecule has 17 heavy (non-hydrogen) atoms. The van der Waals surface area contributed by atoms with Gasteiger partial charge in [-0.1, -0.05) is 19.8 Å². The summed E-state index contributed by atoms with van der Waals surface area (Å²) in [5, 5.41) is 0. The van der Waals surface area contributed by atoms with Crippen molar-refractivity contribution < 1.29 is 4.74 Å². The largest absolute Gasteiger partial charge is 0.381 e. The molecule has 1 saturated carbocycles. The summed E-state index contributed by atoms with van der Waals surface area (Å²) in [5.41, 5.74) is 6.30. The number of hydrogen-bond donors (Lipinski definition) is 1. The molecule has 1 heterocycles. The van der Waals surface area contributed by atoms with Crippen LogP contribution in [0.3, 0.4) is 0 Å². The number of nitrogens with zero attached hydrogens (tertiary/aromatic N) is 1. The Morgan fingerprint density at radius 3 is 2.82 bits per heavy atom. The van der Waals surface area contributed by atoms with E-state index in [1.54, 1.807) is 0 Å². The maximum Gasteiger partial charge on any atom is 0.0510 e. The summed E-state index contributed by atoms with van der Waals surface area (Å²) < 4.78 is 5.42. The average molecular weight is 240 g/mol. The second kappa shape index (κ2) is 6.17. The molecule has 1 aliphatic carbocycles. The quantitative estimate of drug-likeness (QED) is 0.815. The molecule has 0 aromatic rings. The average Bonchev–Trinajstić information content (AvgIpc) is 2.82. The van der Waals surface area contributed by atoms with Gasteiger partial charge in [-0.3, -0.25) is 0 Å². The molecular weight excluding hydrogens is 212 g/mol. The topological polar surface area (TPSA) is 38.5 Å². The van der Waals surface area contributed by atoms with Crippen molar-refractivity contribution in [3.63, 3.8) is 0 Å². The number of likely N-dealkylation sites (N-methyl/N-ethyl adjacent to an activating group) is 1. The first-order valence-electron chi connectivity index (χ1n) is 7.20. The highest BCUT2D eigenvalue weighted by Crippen LogP contribution is 2.27. The summed E-state index contributed by atoms with van der Waals surface area (Å²) in [6, 6.07) is 1.05. The van der Waals surface area contributed by atoms with E-state index < -0.39 is 0 Å². The van der Waals surface area contributed by atoms with Crippen molar-refractivity contribution in [3.8, 4) is 0 Å². The van der Waals surface area contributed by atoms with Crippen LogP contribution >= 0.6 is 0 Å². The van der Waals surface area contributed by atoms with Crippen LogP contribution in [-0.4, -0.2) is 43.8 Å². The Bertz CT molecular complexity index is 228. The Morgan fingerprint density at radius 2 is 2.18 bits per heavy atom. The smallest absolute Gasteiger partial charge is 0.0510 e. The van der Waals surface area contributed by atoms with Crippen molar-refractivity contribution in [2.24, 2.45) is 17.6 Å². The molecule has 2 N–H and O–H groups in total. The first-order valence-corrected chi connectivity index (χ1v) is 7.20. The zero-order valence-corrected chi connectivity index (χ0v) is 11.4. The fraction of sp³-hybridized carbons (Fsp3) is 1.00. The maximum absolute atomic E-state index is 6.30. The molecule has 0 spiro atoms. The fourth-order valence-corrected chi connectivity index (χ4v) is 3.32. The molecule has 0 aromatic carbocycles. The molecule has 3 nitrogen and oxygen atoms in total. The standard InChI is InChI=1S/C14H28N2O/c1-11-4-3-5-13(8-11)16(2)9-14(15)12-6-7-17-10-12/h11-14H,3-10,15H2,1-2H3. The summed E-state index contributed by atoms with van der Waals surface area (Å²) in [6.45, 7) is 5.19. The lowest BCUT2D eigenvalue weighted by Crippen LogP contribution is -2.46. The third-order valence-corrected chi connectivity index (χ3v) is 4.60. The van der Waals surface area contributed by atoms with Crippen LogP contribution in [0.25, 0.3) is 0 Å². The van der Waals surface area contributed by atoms with E-state index in [0.29, 0.717) is 12.0 Å². The predicted molar refractivity (Wildman–Crippen MR) is 71.0 cm³/mol. The number of ether oxygens (including phenoxy) is 1. The second-order valence-electron chi connectivity index (χ2n) is 6.15. The molecule has 0 aromatic heterocycles. The van der Waals surface area contributed by atoms with Crippen LogP contribution in [0, 0.1) is 11.8 Å². The van der Waals surface area contributed by atoms with Crippen LogP contribution in [0.1, 0.15) is 39.0 Å². The fourth-order valence-electron chi connectivity index (χ4n) is 3.32. The number of hydrogen-bond acceptors (Lipinski definition) is 3. The lowest BCUT2D eigenvalue weighted by molar-refractivity contribution is 0.137. The van der Waals surface area contributed by atoms with Gasteiger partial charge in [0.15, 0.2) is 0 Å². The molecule has 1 saturated heterocycles. The van der Waals surface area contributed by atoms with Crippen molar-refractivity contribution >= 4 is 0 Å². The van der Waals surface area contributed by atoms with E-state index in [9.17, 15) is 0 Å². The van der Waals surface area contributed by atoms with Gasteiger partial charge in [-0.15, -0.1) is 0 Å². The molecule has 2 fully saturated rings. The molecule has 2 aliphatic rings. The Kier molecular flexibility index (Phi) is 4.83. The predicted octanol–water partition coefficient (Wildman–Crippen LogP) is 1.86. The second-order valence-corrected chi connectivity index (χ2v) is 6.15. The Labute approximate surface area is 106 Å². The zero-order valence-electron chi connectivity index (χ0n) is 11.4. The van der Waals surface area contributed by atoms with E-state index >= 15 is 0 Å². The van der Waals surface area contributed by atoms with E-state index in [1.807, 2.05) is 0 Å². The van der Waals surface area contributed by atoms with Gasteiger partial charge >= 0.3 is 0 Å². The summed E-state index contributed by atoms with van der Waals surface area (Å²) in [4.78, 5) is 2.50. The van der Waals surface area contributed by atoms with E-state index in [2.05, 4.69) is 18.9 Å². The maximum atomic E-state index is 6.30. The van der Waals surface area contributed by atoms with Gasteiger partial charge in [0.05, 0.1) is 6.61 Å². The van der Waals surface area contributed by atoms with Gasteiger partial charge in [0.2, 0.25) is 0 Å². The van der Waals surface area contributed by atoms with Crippen molar-refractivity contribution in [2.45, 2.75) is 51.1 Å². The van der Waals surface area contributed by atoms with Gasteiger partial charge < -0.3 is 15.4 Å². The van der Waals surface area contributed by atoms with E-state index in [-0.39, 0.29) is 0 Å². The SMILES string of the molecule is CC1CCCC(N(C)CC(N)C2CCOC2)C1. The Morgan fingerprint density at radius 1 is 1.35 bits per heavy atom. The lowest BCUT2D eigenvalue weighted by atomic mass is 9.86. The van der Waals surface area contributed by atoms with Gasteiger partial charge in [-0.05, 0) is 32.2 Å². The molecule has 0 amide bonds. The normalized spacial score (nSPS) is 36.4. The van der Waals surface area contributed by atoms with E-state index in [0.717, 1.165) is 38.1 Å². The highest BCUT2D eigenvalue weighted by molar-refractivity contribution is 4.83. The molecule has 3 heteroatoms. The summed E-state index contributed by atoms with van der Waals surface area (Å²) in [7, 11) is 2.25. The number of nitrogens with two attached hydrogens (primary N) is 1. The van der Waals surface area contributed by atoms with Crippen LogP contribution in [0.2, 0.25) is 0 Å². The third-order valence-electron chi connectivity index (χ3n) is 4.60. The van der Waals surface area contributed by atoms with Crippen LogP contribution in [0.15, 0.2) is 0 Å². The Balaban J connectivity index is 1.76. The number of rotatable bonds is 4.